The molecule has 0 saturated carbocycles. The van der Waals surface area contributed by atoms with Gasteiger partial charge in [0.05, 0.1) is 0 Å². The van der Waals surface area contributed by atoms with Crippen LogP contribution in [0, 0.1) is 11.8 Å². The lowest BCUT2D eigenvalue weighted by molar-refractivity contribution is -0.139. The van der Waals surface area contributed by atoms with Crippen LogP contribution in [0.4, 0.5) is 0 Å². The summed E-state index contributed by atoms with van der Waals surface area (Å²) in [4.78, 5) is 14.4. The van der Waals surface area contributed by atoms with Crippen LogP contribution in [-0.2, 0) is 17.8 Å². The first-order valence-corrected chi connectivity index (χ1v) is 6.88. The molecule has 0 fully saturated rings. The van der Waals surface area contributed by atoms with E-state index in [9.17, 15) is 4.79 Å². The predicted octanol–water partition coefficient (Wildman–Crippen LogP) is 3.25. The predicted molar refractivity (Wildman–Crippen MR) is 74.2 cm³/mol. The van der Waals surface area contributed by atoms with Crippen LogP contribution in [-0.4, -0.2) is 16.8 Å². The maximum absolute atomic E-state index is 12.3. The molecule has 18 heavy (non-hydrogen) atoms. The van der Waals surface area contributed by atoms with Crippen LogP contribution in [0.25, 0.3) is 0 Å². The lowest BCUT2D eigenvalue weighted by Gasteiger charge is -2.40. The van der Waals surface area contributed by atoms with Gasteiger partial charge in [-0.05, 0) is 23.5 Å². The normalized spacial score (nSPS) is 19.2. The molecule has 1 aliphatic heterocycles. The summed E-state index contributed by atoms with van der Waals surface area (Å²) in [5.74, 6) is 0.862. The van der Waals surface area contributed by atoms with Gasteiger partial charge in [0, 0.05) is 18.5 Å². The van der Waals surface area contributed by atoms with E-state index in [2.05, 4.69) is 43.0 Å². The van der Waals surface area contributed by atoms with Gasteiger partial charge in [0.2, 0.25) is 5.91 Å². The standard InChI is InChI=1S/C16H23NO/c1-11(2)15-9-13-7-5-6-8-14(13)10-17(15)16(18)12(3)4/h5-8,11-12,15H,9-10H2,1-4H3. The number of benzene rings is 1. The van der Waals surface area contributed by atoms with E-state index in [1.165, 1.54) is 11.1 Å². The quantitative estimate of drug-likeness (QED) is 0.783. The van der Waals surface area contributed by atoms with Gasteiger partial charge in [-0.15, -0.1) is 0 Å². The molecule has 0 aliphatic carbocycles. The van der Waals surface area contributed by atoms with E-state index in [0.717, 1.165) is 13.0 Å². The summed E-state index contributed by atoms with van der Waals surface area (Å²) in [7, 11) is 0. The SMILES string of the molecule is CC(C)C(=O)N1Cc2ccccc2CC1C(C)C. The zero-order valence-corrected chi connectivity index (χ0v) is 11.8. The van der Waals surface area contributed by atoms with Gasteiger partial charge in [0.25, 0.3) is 0 Å². The van der Waals surface area contributed by atoms with Gasteiger partial charge in [-0.1, -0.05) is 52.0 Å². The fourth-order valence-electron chi connectivity index (χ4n) is 2.72. The molecule has 2 nitrogen and oxygen atoms in total. The monoisotopic (exact) mass is 245 g/mol. The second kappa shape index (κ2) is 5.13. The Kier molecular flexibility index (Phi) is 3.74. The molecule has 1 unspecified atom stereocenters. The summed E-state index contributed by atoms with van der Waals surface area (Å²) in [6, 6.07) is 8.84. The maximum Gasteiger partial charge on any atom is 0.225 e. The molecule has 1 aliphatic rings. The lowest BCUT2D eigenvalue weighted by Crippen LogP contribution is -2.48. The lowest BCUT2D eigenvalue weighted by atomic mass is 9.87. The van der Waals surface area contributed by atoms with Crippen molar-refractivity contribution in [2.24, 2.45) is 11.8 Å². The zero-order valence-electron chi connectivity index (χ0n) is 11.8. The Balaban J connectivity index is 2.32. The highest BCUT2D eigenvalue weighted by atomic mass is 16.2. The molecule has 0 saturated heterocycles. The molecule has 1 amide bonds. The van der Waals surface area contributed by atoms with Crippen molar-refractivity contribution in [1.82, 2.24) is 4.90 Å². The summed E-state index contributed by atoms with van der Waals surface area (Å²) >= 11 is 0. The molecule has 2 heteroatoms. The molecule has 1 aromatic rings. The van der Waals surface area contributed by atoms with E-state index in [4.69, 9.17) is 0 Å². The molecular weight excluding hydrogens is 222 g/mol. The Hall–Kier alpha value is -1.31. The minimum atomic E-state index is 0.0801. The molecule has 0 radical (unpaired) electrons. The molecule has 98 valence electrons. The van der Waals surface area contributed by atoms with Crippen molar-refractivity contribution in [3.05, 3.63) is 35.4 Å². The van der Waals surface area contributed by atoms with Gasteiger partial charge in [0.15, 0.2) is 0 Å². The van der Waals surface area contributed by atoms with Gasteiger partial charge in [-0.2, -0.15) is 0 Å². The summed E-state index contributed by atoms with van der Waals surface area (Å²) in [5, 5.41) is 0. The van der Waals surface area contributed by atoms with Crippen LogP contribution in [0.2, 0.25) is 0 Å². The molecule has 1 heterocycles. The van der Waals surface area contributed by atoms with Crippen LogP contribution in [0.1, 0.15) is 38.8 Å². The Morgan fingerprint density at radius 3 is 2.33 bits per heavy atom. The largest absolute Gasteiger partial charge is 0.335 e. The molecule has 1 aromatic carbocycles. The minimum absolute atomic E-state index is 0.0801. The van der Waals surface area contributed by atoms with Gasteiger partial charge >= 0.3 is 0 Å². The minimum Gasteiger partial charge on any atom is -0.335 e. The van der Waals surface area contributed by atoms with Gasteiger partial charge in [-0.25, -0.2) is 0 Å². The first kappa shape index (κ1) is 13.1. The average Bonchev–Trinajstić information content (AvgIpc) is 2.36. The van der Waals surface area contributed by atoms with Crippen molar-refractivity contribution in [3.8, 4) is 0 Å². The Morgan fingerprint density at radius 1 is 1.17 bits per heavy atom. The van der Waals surface area contributed by atoms with E-state index in [1.807, 2.05) is 13.8 Å². The number of nitrogens with zero attached hydrogens (tertiary/aromatic N) is 1. The molecule has 1 atom stereocenters. The molecule has 0 N–H and O–H groups in total. The third kappa shape index (κ3) is 2.43. The number of rotatable bonds is 2. The van der Waals surface area contributed by atoms with Crippen LogP contribution in [0.5, 0.6) is 0 Å². The maximum atomic E-state index is 12.3. The Morgan fingerprint density at radius 2 is 1.78 bits per heavy atom. The van der Waals surface area contributed by atoms with Crippen molar-refractivity contribution in [2.75, 3.05) is 0 Å². The van der Waals surface area contributed by atoms with Crippen molar-refractivity contribution in [2.45, 2.75) is 46.7 Å². The van der Waals surface area contributed by atoms with Crippen LogP contribution in [0.3, 0.4) is 0 Å². The number of carbonyl (C=O) groups is 1. The van der Waals surface area contributed by atoms with Crippen LogP contribution < -0.4 is 0 Å². The van der Waals surface area contributed by atoms with E-state index < -0.39 is 0 Å². The molecular formula is C16H23NO. The molecule has 0 bridgehead atoms. The van der Waals surface area contributed by atoms with Crippen molar-refractivity contribution >= 4 is 5.91 Å². The van der Waals surface area contributed by atoms with Crippen molar-refractivity contribution < 1.29 is 4.79 Å². The number of amides is 1. The smallest absolute Gasteiger partial charge is 0.225 e. The van der Waals surface area contributed by atoms with Crippen LogP contribution >= 0.6 is 0 Å². The van der Waals surface area contributed by atoms with E-state index in [-0.39, 0.29) is 11.8 Å². The molecule has 2 rings (SSSR count). The molecule has 0 spiro atoms. The highest BCUT2D eigenvalue weighted by molar-refractivity contribution is 5.78. The Bertz CT molecular complexity index is 436. The summed E-state index contributed by atoms with van der Waals surface area (Å²) in [5.41, 5.74) is 2.72. The first-order valence-electron chi connectivity index (χ1n) is 6.88. The van der Waals surface area contributed by atoms with Gasteiger partial charge in [-0.3, -0.25) is 4.79 Å². The van der Waals surface area contributed by atoms with Gasteiger partial charge in [0.1, 0.15) is 0 Å². The summed E-state index contributed by atoms with van der Waals surface area (Å²) in [6.07, 6.45) is 0.992. The van der Waals surface area contributed by atoms with Crippen molar-refractivity contribution in [1.29, 1.82) is 0 Å². The first-order chi connectivity index (χ1) is 8.50. The Labute approximate surface area is 110 Å². The van der Waals surface area contributed by atoms with Crippen LogP contribution in [0.15, 0.2) is 24.3 Å². The number of hydrogen-bond acceptors (Lipinski definition) is 1. The average molecular weight is 245 g/mol. The topological polar surface area (TPSA) is 20.3 Å². The van der Waals surface area contributed by atoms with E-state index >= 15 is 0 Å². The number of carbonyl (C=O) groups excluding carboxylic acids is 1. The zero-order chi connectivity index (χ0) is 13.3. The number of hydrogen-bond donors (Lipinski definition) is 0. The fourth-order valence-corrected chi connectivity index (χ4v) is 2.72. The molecule has 0 aromatic heterocycles. The summed E-state index contributed by atoms with van der Waals surface area (Å²) in [6.45, 7) is 9.16. The fraction of sp³-hybridized carbons (Fsp3) is 0.562. The third-order valence-corrected chi connectivity index (χ3v) is 3.83. The third-order valence-electron chi connectivity index (χ3n) is 3.83. The van der Waals surface area contributed by atoms with Gasteiger partial charge < -0.3 is 4.90 Å². The second-order valence-corrected chi connectivity index (χ2v) is 5.91. The highest BCUT2D eigenvalue weighted by Gasteiger charge is 2.32. The van der Waals surface area contributed by atoms with Crippen molar-refractivity contribution in [3.63, 3.8) is 0 Å². The van der Waals surface area contributed by atoms with E-state index in [1.54, 1.807) is 0 Å². The highest BCUT2D eigenvalue weighted by Crippen LogP contribution is 2.28. The number of fused-ring (bicyclic) bond motifs is 1. The summed E-state index contributed by atoms with van der Waals surface area (Å²) < 4.78 is 0. The second-order valence-electron chi connectivity index (χ2n) is 5.91. The van der Waals surface area contributed by atoms with E-state index in [0.29, 0.717) is 12.0 Å².